The predicted octanol–water partition coefficient (Wildman–Crippen LogP) is 8.82. The Morgan fingerprint density at radius 3 is 2.45 bits per heavy atom. The van der Waals surface area contributed by atoms with Crippen LogP contribution < -0.4 is 15.4 Å². The number of thiocarbonyl (C=S) groups is 1. The van der Waals surface area contributed by atoms with E-state index < -0.39 is 15.1 Å². The van der Waals surface area contributed by atoms with Crippen molar-refractivity contribution in [2.24, 2.45) is 0 Å². The first-order valence-corrected chi connectivity index (χ1v) is 20.5. The van der Waals surface area contributed by atoms with Gasteiger partial charge in [0.05, 0.1) is 33.8 Å². The predicted molar refractivity (Wildman–Crippen MR) is 210 cm³/mol. The van der Waals surface area contributed by atoms with Gasteiger partial charge in [0, 0.05) is 18.8 Å². The number of nitrogens with one attached hydrogen (secondary N) is 2. The zero-order chi connectivity index (χ0) is 35.7. The Morgan fingerprint density at radius 2 is 1.80 bits per heavy atom. The molecule has 0 saturated carbocycles. The number of benzene rings is 2. The smallest absolute Gasteiger partial charge is 0.229 e. The first kappa shape index (κ1) is 39.2. The van der Waals surface area contributed by atoms with Gasteiger partial charge in [0.25, 0.3) is 0 Å². The number of thioether (sulfide) groups is 1. The van der Waals surface area contributed by atoms with Gasteiger partial charge in [-0.3, -0.25) is 0 Å². The fraction of sp³-hybridized carbons (Fsp3) is 0.528. The summed E-state index contributed by atoms with van der Waals surface area (Å²) in [4.78, 5) is 14.0. The zero-order valence-electron chi connectivity index (χ0n) is 29.8. The first-order valence-electron chi connectivity index (χ1n) is 17.2. The van der Waals surface area contributed by atoms with E-state index in [0.29, 0.717) is 17.6 Å². The number of nitrogens with zero attached hydrogens (tertiary/aromatic N) is 4. The van der Waals surface area contributed by atoms with Gasteiger partial charge in [-0.05, 0) is 115 Å². The van der Waals surface area contributed by atoms with E-state index in [1.165, 1.54) is 11.8 Å². The molecule has 1 aliphatic rings. The van der Waals surface area contributed by atoms with Crippen LogP contribution in [0.4, 0.5) is 23.1 Å². The van der Waals surface area contributed by atoms with Crippen molar-refractivity contribution >= 4 is 72.9 Å². The van der Waals surface area contributed by atoms with Crippen LogP contribution in [0.1, 0.15) is 77.8 Å². The van der Waals surface area contributed by atoms with Crippen molar-refractivity contribution in [3.05, 3.63) is 58.7 Å². The number of aryl methyl sites for hydroxylation is 1. The van der Waals surface area contributed by atoms with Crippen molar-refractivity contribution in [1.29, 1.82) is 0 Å². The Balaban J connectivity index is 1.48. The number of halogens is 1. The molecule has 0 atom stereocenters. The number of likely N-dealkylation sites (tertiary alicyclic amines) is 1. The van der Waals surface area contributed by atoms with Crippen molar-refractivity contribution in [2.75, 3.05) is 49.1 Å². The summed E-state index contributed by atoms with van der Waals surface area (Å²) in [5, 5.41) is 6.13. The summed E-state index contributed by atoms with van der Waals surface area (Å²) in [6, 6.07) is 11.0. The normalized spacial score (nSPS) is 14.1. The van der Waals surface area contributed by atoms with Crippen molar-refractivity contribution in [3.8, 4) is 5.75 Å². The van der Waals surface area contributed by atoms with Gasteiger partial charge in [0.2, 0.25) is 5.95 Å². The molecule has 13 heteroatoms. The molecule has 0 radical (unpaired) electrons. The molecule has 3 aromatic rings. The minimum absolute atomic E-state index is 0.0446. The number of ether oxygens (including phenoxy) is 1. The van der Waals surface area contributed by atoms with Crippen LogP contribution in [0.5, 0.6) is 5.75 Å². The highest BCUT2D eigenvalue weighted by molar-refractivity contribution is 8.22. The number of sulfone groups is 1. The lowest BCUT2D eigenvalue weighted by molar-refractivity contribution is 0.243. The number of hydrogen-bond acceptors (Lipinski definition) is 10. The highest BCUT2D eigenvalue weighted by Crippen LogP contribution is 2.39. The Labute approximate surface area is 307 Å². The summed E-state index contributed by atoms with van der Waals surface area (Å²) in [7, 11) is -3.54. The lowest BCUT2D eigenvalue weighted by Crippen LogP contribution is -2.36. The number of para-hydroxylation sites is 1. The van der Waals surface area contributed by atoms with Crippen molar-refractivity contribution in [3.63, 3.8) is 0 Å². The van der Waals surface area contributed by atoms with Crippen LogP contribution in [0.3, 0.4) is 0 Å². The summed E-state index contributed by atoms with van der Waals surface area (Å²) in [6.07, 6.45) is 4.65. The van der Waals surface area contributed by atoms with Gasteiger partial charge in [-0.15, -0.1) is 0 Å². The van der Waals surface area contributed by atoms with Gasteiger partial charge >= 0.3 is 0 Å². The molecule has 9 nitrogen and oxygen atoms in total. The highest BCUT2D eigenvalue weighted by Gasteiger charge is 2.26. The third-order valence-corrected chi connectivity index (χ3v) is 12.8. The summed E-state index contributed by atoms with van der Waals surface area (Å²) in [6.45, 7) is 19.1. The minimum Gasteiger partial charge on any atom is -0.489 e. The second-order valence-corrected chi connectivity index (χ2v) is 17.5. The summed E-state index contributed by atoms with van der Waals surface area (Å²) in [5.74, 6) is 2.77. The van der Waals surface area contributed by atoms with E-state index in [4.69, 9.17) is 28.6 Å². The van der Waals surface area contributed by atoms with E-state index in [2.05, 4.69) is 63.3 Å². The van der Waals surface area contributed by atoms with Gasteiger partial charge in [0.1, 0.15) is 15.1 Å². The maximum Gasteiger partial charge on any atom is 0.229 e. The number of aromatic nitrogens is 2. The molecule has 1 aliphatic heterocycles. The topological polar surface area (TPSA) is 99.7 Å². The molecule has 268 valence electrons. The Bertz CT molecular complexity index is 1680. The number of anilines is 4. The largest absolute Gasteiger partial charge is 0.489 e. The standard InChI is InChI=1S/C36H51ClN6O3S3/c1-8-42(9-2)17-12-20-48-36(47)43-18-15-27(16-19-43)28-22-32(46-24(3)4)31(21-26(28)7)40-35-38-23-29(37)34(41-35)39-30-13-10-11-14-33(30)49(44,45)25(5)6/h10-11,13-14,21-25,27H,8-9,12,15-20H2,1-7H3,(H2,38,39,40,41). The van der Waals surface area contributed by atoms with Crippen molar-refractivity contribution < 1.29 is 13.2 Å². The van der Waals surface area contributed by atoms with E-state index >= 15 is 0 Å². The number of piperidine rings is 1. The Hall–Kier alpha value is -2.64. The van der Waals surface area contributed by atoms with E-state index in [1.807, 2.05) is 25.6 Å². The molecule has 0 bridgehead atoms. The lowest BCUT2D eigenvalue weighted by Gasteiger charge is -2.34. The van der Waals surface area contributed by atoms with Crippen LogP contribution in [0, 0.1) is 6.92 Å². The monoisotopic (exact) mass is 746 g/mol. The second-order valence-electron chi connectivity index (χ2n) is 12.9. The number of hydrogen-bond donors (Lipinski definition) is 2. The van der Waals surface area contributed by atoms with E-state index in [9.17, 15) is 8.42 Å². The molecule has 0 spiro atoms. The Kier molecular flexibility index (Phi) is 14.4. The van der Waals surface area contributed by atoms with E-state index in [0.717, 1.165) is 79.1 Å². The maximum absolute atomic E-state index is 13.0. The van der Waals surface area contributed by atoms with E-state index in [1.54, 1.807) is 38.1 Å². The third-order valence-electron chi connectivity index (χ3n) is 8.72. The molecule has 1 fully saturated rings. The quantitative estimate of drug-likeness (QED) is 0.115. The molecule has 0 unspecified atom stereocenters. The van der Waals surface area contributed by atoms with Gasteiger partial charge in [0.15, 0.2) is 15.7 Å². The van der Waals surface area contributed by atoms with Crippen LogP contribution in [-0.2, 0) is 9.84 Å². The average Bonchev–Trinajstić information content (AvgIpc) is 3.07. The summed E-state index contributed by atoms with van der Waals surface area (Å²) >= 11 is 14.1. The van der Waals surface area contributed by atoms with Gasteiger partial charge in [-0.25, -0.2) is 13.4 Å². The lowest BCUT2D eigenvalue weighted by atomic mass is 9.86. The van der Waals surface area contributed by atoms with Gasteiger partial charge in [-0.1, -0.05) is 61.6 Å². The molecular weight excluding hydrogens is 696 g/mol. The molecule has 49 heavy (non-hydrogen) atoms. The average molecular weight is 747 g/mol. The third kappa shape index (κ3) is 10.4. The summed E-state index contributed by atoms with van der Waals surface area (Å²) < 4.78 is 33.4. The van der Waals surface area contributed by atoms with Crippen LogP contribution in [0.25, 0.3) is 0 Å². The molecular formula is C36H51ClN6O3S3. The molecule has 1 saturated heterocycles. The SMILES string of the molecule is CCN(CC)CCCSC(=S)N1CCC(c2cc(OC(C)C)c(Nc3ncc(Cl)c(Nc4ccccc4S(=O)(=O)C(C)C)n3)cc2C)CC1. The minimum atomic E-state index is -3.54. The maximum atomic E-state index is 13.0. The molecule has 2 heterocycles. The Morgan fingerprint density at radius 1 is 1.10 bits per heavy atom. The molecule has 1 aromatic heterocycles. The molecule has 0 aliphatic carbocycles. The van der Waals surface area contributed by atoms with Crippen molar-refractivity contribution in [1.82, 2.24) is 19.8 Å². The second kappa shape index (κ2) is 18.0. The van der Waals surface area contributed by atoms with Crippen LogP contribution in [0.2, 0.25) is 5.02 Å². The van der Waals surface area contributed by atoms with Gasteiger partial charge < -0.3 is 25.2 Å². The van der Waals surface area contributed by atoms with Gasteiger partial charge in [-0.2, -0.15) is 4.98 Å². The number of rotatable bonds is 15. The van der Waals surface area contributed by atoms with Crippen LogP contribution >= 0.6 is 35.6 Å². The van der Waals surface area contributed by atoms with Crippen LogP contribution in [0.15, 0.2) is 47.5 Å². The molecule has 0 amide bonds. The molecule has 4 rings (SSSR count). The molecule has 2 N–H and O–H groups in total. The zero-order valence-corrected chi connectivity index (χ0v) is 33.0. The van der Waals surface area contributed by atoms with Crippen LogP contribution in [-0.4, -0.2) is 82.3 Å². The summed E-state index contributed by atoms with van der Waals surface area (Å²) in [5.41, 5.74) is 3.57. The molecule has 2 aromatic carbocycles. The van der Waals surface area contributed by atoms with Crippen molar-refractivity contribution in [2.45, 2.75) is 89.9 Å². The highest BCUT2D eigenvalue weighted by atomic mass is 35.5. The fourth-order valence-electron chi connectivity index (χ4n) is 5.88. The fourth-order valence-corrected chi connectivity index (χ4v) is 8.47. The van der Waals surface area contributed by atoms with E-state index in [-0.39, 0.29) is 21.8 Å². The first-order chi connectivity index (χ1) is 23.3.